The van der Waals surface area contributed by atoms with Crippen molar-refractivity contribution in [1.82, 2.24) is 4.98 Å². The van der Waals surface area contributed by atoms with Gasteiger partial charge in [-0.1, -0.05) is 170 Å². The molecule has 3 heteroatoms. The first kappa shape index (κ1) is 36.1. The van der Waals surface area contributed by atoms with Gasteiger partial charge in [0.25, 0.3) is 0 Å². The molecule has 1 aliphatic rings. The smallest absolute Gasteiger partial charge is 0.227 e. The Bertz CT molecular complexity index is 3250. The van der Waals surface area contributed by atoms with Gasteiger partial charge < -0.3 is 9.32 Å². The van der Waals surface area contributed by atoms with Crippen LogP contribution in [0.4, 0.5) is 17.1 Å². The lowest BCUT2D eigenvalue weighted by atomic mass is 9.95. The van der Waals surface area contributed by atoms with Gasteiger partial charge in [0.05, 0.1) is 0 Å². The Hall–Kier alpha value is -8.01. The molecule has 9 aromatic carbocycles. The zero-order chi connectivity index (χ0) is 40.5. The minimum atomic E-state index is 0.672. The second-order valence-electron chi connectivity index (χ2n) is 15.5. The van der Waals surface area contributed by atoms with E-state index in [1.54, 1.807) is 0 Å². The van der Waals surface area contributed by atoms with E-state index in [4.69, 9.17) is 9.40 Å². The lowest BCUT2D eigenvalue weighted by molar-refractivity contribution is 0.588. The molecule has 11 rings (SSSR count). The third-order valence-electron chi connectivity index (χ3n) is 11.6. The zero-order valence-electron chi connectivity index (χ0n) is 33.4. The Balaban J connectivity index is 1.07. The van der Waals surface area contributed by atoms with Crippen LogP contribution in [0.1, 0.15) is 12.3 Å². The molecular formula is C58H40N2O. The molecule has 0 saturated heterocycles. The summed E-state index contributed by atoms with van der Waals surface area (Å²) in [5.41, 5.74) is 17.5. The molecule has 0 fully saturated rings. The standard InChI is InChI=1S/C58H40N2O/c1-4-14-40(15-5-1)43-26-28-44(29-27-43)47-23-13-25-53(37-47)60(52-24-12-22-46(36-52)41-16-6-2-7-17-41)54-38-50(42-18-8-3-9-19-42)35-51(39-54)48-30-32-55-49(34-48)31-33-56-57(55)61-58(59-56)45-20-10-11-21-45/h1-10,12-39H,11H2. The van der Waals surface area contributed by atoms with Crippen LogP contribution in [0.2, 0.25) is 0 Å². The minimum Gasteiger partial charge on any atom is -0.435 e. The summed E-state index contributed by atoms with van der Waals surface area (Å²) in [5.74, 6) is 0.672. The molecule has 0 spiro atoms. The molecule has 0 N–H and O–H groups in total. The van der Waals surface area contributed by atoms with Gasteiger partial charge in [0, 0.05) is 28.0 Å². The van der Waals surface area contributed by atoms with Crippen molar-refractivity contribution in [3.8, 4) is 55.6 Å². The first-order valence-electron chi connectivity index (χ1n) is 20.8. The molecule has 1 heterocycles. The maximum atomic E-state index is 6.41. The first-order valence-corrected chi connectivity index (χ1v) is 20.8. The van der Waals surface area contributed by atoms with E-state index >= 15 is 0 Å². The number of hydrogen-bond donors (Lipinski definition) is 0. The highest BCUT2D eigenvalue weighted by Gasteiger charge is 2.19. The highest BCUT2D eigenvalue weighted by molar-refractivity contribution is 6.05. The number of oxazole rings is 1. The van der Waals surface area contributed by atoms with Crippen molar-refractivity contribution in [3.63, 3.8) is 0 Å². The predicted octanol–water partition coefficient (Wildman–Crippen LogP) is 16.1. The molecule has 10 aromatic rings. The van der Waals surface area contributed by atoms with Crippen molar-refractivity contribution in [1.29, 1.82) is 0 Å². The van der Waals surface area contributed by atoms with Crippen LogP contribution >= 0.6 is 0 Å². The highest BCUT2D eigenvalue weighted by Crippen LogP contribution is 2.43. The van der Waals surface area contributed by atoms with E-state index in [0.29, 0.717) is 5.89 Å². The van der Waals surface area contributed by atoms with Gasteiger partial charge in [0.2, 0.25) is 5.89 Å². The average molecular weight is 781 g/mol. The van der Waals surface area contributed by atoms with Crippen molar-refractivity contribution in [2.24, 2.45) is 0 Å². The Kier molecular flexibility index (Phi) is 9.25. The molecule has 0 unspecified atom stereocenters. The van der Waals surface area contributed by atoms with E-state index in [-0.39, 0.29) is 0 Å². The molecule has 61 heavy (non-hydrogen) atoms. The molecule has 0 bridgehead atoms. The van der Waals surface area contributed by atoms with E-state index < -0.39 is 0 Å². The van der Waals surface area contributed by atoms with E-state index in [0.717, 1.165) is 84.3 Å². The number of anilines is 3. The number of benzene rings is 9. The fourth-order valence-electron chi connectivity index (χ4n) is 8.55. The van der Waals surface area contributed by atoms with E-state index in [2.05, 4.69) is 235 Å². The van der Waals surface area contributed by atoms with Crippen LogP contribution < -0.4 is 4.90 Å². The summed E-state index contributed by atoms with van der Waals surface area (Å²) in [6.45, 7) is 0. The third-order valence-corrected chi connectivity index (χ3v) is 11.6. The predicted molar refractivity (Wildman–Crippen MR) is 255 cm³/mol. The number of nitrogens with zero attached hydrogens (tertiary/aromatic N) is 2. The number of allylic oxidation sites excluding steroid dienone is 4. The Labute approximate surface area is 355 Å². The van der Waals surface area contributed by atoms with E-state index in [9.17, 15) is 0 Å². The lowest BCUT2D eigenvalue weighted by Gasteiger charge is -2.28. The molecule has 0 amide bonds. The molecule has 1 aliphatic carbocycles. The van der Waals surface area contributed by atoms with Gasteiger partial charge in [-0.2, -0.15) is 0 Å². The summed E-state index contributed by atoms with van der Waals surface area (Å²) in [6, 6.07) is 76.4. The maximum absolute atomic E-state index is 6.41. The fourth-order valence-corrected chi connectivity index (χ4v) is 8.55. The van der Waals surface area contributed by atoms with Gasteiger partial charge >= 0.3 is 0 Å². The van der Waals surface area contributed by atoms with E-state index in [1.165, 1.54) is 22.3 Å². The molecular weight excluding hydrogens is 741 g/mol. The zero-order valence-corrected chi connectivity index (χ0v) is 33.4. The highest BCUT2D eigenvalue weighted by atomic mass is 16.3. The van der Waals surface area contributed by atoms with Gasteiger partial charge in [-0.25, -0.2) is 4.98 Å². The van der Waals surface area contributed by atoms with Gasteiger partial charge in [0.1, 0.15) is 5.52 Å². The van der Waals surface area contributed by atoms with Gasteiger partial charge in [-0.05, 0) is 128 Å². The lowest BCUT2D eigenvalue weighted by Crippen LogP contribution is -2.10. The average Bonchev–Trinajstić information content (AvgIpc) is 4.04. The maximum Gasteiger partial charge on any atom is 0.227 e. The largest absolute Gasteiger partial charge is 0.435 e. The summed E-state index contributed by atoms with van der Waals surface area (Å²) >= 11 is 0. The second-order valence-corrected chi connectivity index (χ2v) is 15.5. The molecule has 0 atom stereocenters. The van der Waals surface area contributed by atoms with Crippen LogP contribution in [-0.2, 0) is 0 Å². The van der Waals surface area contributed by atoms with Crippen molar-refractivity contribution >= 4 is 44.5 Å². The molecule has 0 radical (unpaired) electrons. The molecule has 0 aliphatic heterocycles. The van der Waals surface area contributed by atoms with Crippen LogP contribution in [0.3, 0.4) is 0 Å². The van der Waals surface area contributed by atoms with Crippen LogP contribution in [-0.4, -0.2) is 4.98 Å². The topological polar surface area (TPSA) is 29.3 Å². The molecule has 1 aromatic heterocycles. The van der Waals surface area contributed by atoms with Gasteiger partial charge in [0.15, 0.2) is 5.58 Å². The second kappa shape index (κ2) is 15.6. The van der Waals surface area contributed by atoms with Crippen LogP contribution in [0, 0.1) is 0 Å². The summed E-state index contributed by atoms with van der Waals surface area (Å²) in [5, 5.41) is 2.16. The Morgan fingerprint density at radius 3 is 1.49 bits per heavy atom. The van der Waals surface area contributed by atoms with Crippen LogP contribution in [0.5, 0.6) is 0 Å². The first-order chi connectivity index (χ1) is 30.2. The quantitative estimate of drug-likeness (QED) is 0.146. The fraction of sp³-hybridized carbons (Fsp3) is 0.0172. The van der Waals surface area contributed by atoms with E-state index in [1.807, 2.05) is 0 Å². The monoisotopic (exact) mass is 780 g/mol. The summed E-state index contributed by atoms with van der Waals surface area (Å²) < 4.78 is 6.41. The summed E-state index contributed by atoms with van der Waals surface area (Å²) in [4.78, 5) is 7.23. The Morgan fingerprint density at radius 2 is 0.885 bits per heavy atom. The normalized spacial score (nSPS) is 12.2. The number of aromatic nitrogens is 1. The van der Waals surface area contributed by atoms with Gasteiger partial charge in [-0.15, -0.1) is 0 Å². The minimum absolute atomic E-state index is 0.672. The van der Waals surface area contributed by atoms with Crippen molar-refractivity contribution < 1.29 is 4.42 Å². The number of rotatable bonds is 9. The molecule has 0 saturated carbocycles. The van der Waals surface area contributed by atoms with Crippen molar-refractivity contribution in [2.75, 3.05) is 4.90 Å². The van der Waals surface area contributed by atoms with Crippen LogP contribution in [0.15, 0.2) is 235 Å². The summed E-state index contributed by atoms with van der Waals surface area (Å²) in [6.07, 6.45) is 7.29. The Morgan fingerprint density at radius 1 is 0.393 bits per heavy atom. The SMILES string of the molecule is C1=CC(c2nc3ccc4cc(-c5cc(-c6ccccc6)cc(N(c6cccc(-c7ccccc7)c6)c6cccc(-c7ccc(-c8ccccc8)cc7)c6)c5)ccc4c3o2)=CC1. The van der Waals surface area contributed by atoms with Gasteiger partial charge in [-0.3, -0.25) is 0 Å². The van der Waals surface area contributed by atoms with Crippen molar-refractivity contribution in [2.45, 2.75) is 6.42 Å². The molecule has 288 valence electrons. The third kappa shape index (κ3) is 7.13. The van der Waals surface area contributed by atoms with Crippen molar-refractivity contribution in [3.05, 3.63) is 236 Å². The van der Waals surface area contributed by atoms with Crippen LogP contribution in [0.25, 0.3) is 83.1 Å². The summed E-state index contributed by atoms with van der Waals surface area (Å²) in [7, 11) is 0. The number of fused-ring (bicyclic) bond motifs is 3. The number of hydrogen-bond acceptors (Lipinski definition) is 3. The molecule has 3 nitrogen and oxygen atoms in total.